The summed E-state index contributed by atoms with van der Waals surface area (Å²) in [5.74, 6) is 0. The summed E-state index contributed by atoms with van der Waals surface area (Å²) >= 11 is 0. The molecular weight excluding hydrogens is 479 g/mol. The number of hydrogen-bond acceptors (Lipinski definition) is 10. The van der Waals surface area contributed by atoms with Crippen LogP contribution >= 0.6 is 0 Å². The maximum Gasteiger partial charge on any atom is 2.00 e. The second-order valence-electron chi connectivity index (χ2n) is 5.39. The number of pyridine rings is 4. The molecule has 13 heteroatoms. The second kappa shape index (κ2) is 17.2. The Labute approximate surface area is 198 Å². The van der Waals surface area contributed by atoms with E-state index in [4.69, 9.17) is 30.6 Å². The molecule has 4 aromatic heterocycles. The SMILES string of the molecule is O=[N+]([O-])[O-].O=[N+]([O-])[O-].[Co+2].c1cc(-c2ccncc2)ccn1.c1cc(-c2ccncc2)ccn1. The Morgan fingerprint density at radius 2 is 0.545 bits per heavy atom. The molecule has 0 amide bonds. The molecule has 12 nitrogen and oxygen atoms in total. The van der Waals surface area contributed by atoms with Crippen molar-refractivity contribution in [3.8, 4) is 22.3 Å². The van der Waals surface area contributed by atoms with Crippen LogP contribution in [0.3, 0.4) is 0 Å². The molecule has 0 saturated heterocycles. The Balaban J connectivity index is 0.000000462. The summed E-state index contributed by atoms with van der Waals surface area (Å²) in [4.78, 5) is 32.3. The van der Waals surface area contributed by atoms with Crippen molar-refractivity contribution in [1.29, 1.82) is 0 Å². The Bertz CT molecular complexity index is 878. The van der Waals surface area contributed by atoms with E-state index >= 15 is 0 Å². The van der Waals surface area contributed by atoms with Crippen LogP contribution in [-0.2, 0) is 16.8 Å². The van der Waals surface area contributed by atoms with E-state index in [1.54, 1.807) is 49.6 Å². The number of nitrogens with zero attached hydrogens (tertiary/aromatic N) is 6. The average Bonchev–Trinajstić information content (AvgIpc) is 2.81. The van der Waals surface area contributed by atoms with Crippen LogP contribution in [0, 0.1) is 30.6 Å². The van der Waals surface area contributed by atoms with E-state index < -0.39 is 10.2 Å². The van der Waals surface area contributed by atoms with Gasteiger partial charge in [0.1, 0.15) is 0 Å². The van der Waals surface area contributed by atoms with Gasteiger partial charge in [0.2, 0.25) is 0 Å². The van der Waals surface area contributed by atoms with Crippen LogP contribution in [0.4, 0.5) is 0 Å². The topological polar surface area (TPSA) is 184 Å². The summed E-state index contributed by atoms with van der Waals surface area (Å²) < 4.78 is 0. The summed E-state index contributed by atoms with van der Waals surface area (Å²) in [6.07, 6.45) is 14.3. The zero-order valence-electron chi connectivity index (χ0n) is 16.7. The van der Waals surface area contributed by atoms with Crippen LogP contribution in [0.1, 0.15) is 0 Å². The molecule has 4 rings (SSSR count). The number of rotatable bonds is 2. The van der Waals surface area contributed by atoms with Gasteiger partial charge >= 0.3 is 16.8 Å². The first kappa shape index (κ1) is 28.5. The number of aromatic nitrogens is 4. The van der Waals surface area contributed by atoms with Crippen LogP contribution in [0.5, 0.6) is 0 Å². The monoisotopic (exact) mass is 495 g/mol. The third-order valence-electron chi connectivity index (χ3n) is 3.39. The van der Waals surface area contributed by atoms with Crippen molar-refractivity contribution in [2.24, 2.45) is 0 Å². The molecule has 33 heavy (non-hydrogen) atoms. The molecule has 0 bridgehead atoms. The van der Waals surface area contributed by atoms with Crippen molar-refractivity contribution < 1.29 is 27.0 Å². The van der Waals surface area contributed by atoms with Gasteiger partial charge in [0, 0.05) is 49.6 Å². The first-order valence-electron chi connectivity index (χ1n) is 8.64. The third kappa shape index (κ3) is 14.2. The van der Waals surface area contributed by atoms with Gasteiger partial charge in [0.15, 0.2) is 0 Å². The zero-order valence-corrected chi connectivity index (χ0v) is 17.7. The standard InChI is InChI=1S/2C10H8N2.Co.2NO3/c2*1-5-11-6-2-9(1)10-3-7-12-8-4-10;;2*2-1(3)4/h2*1-8H;;;/q;;+2;2*-1. The minimum atomic E-state index is -1.75. The van der Waals surface area contributed by atoms with Gasteiger partial charge in [-0.15, -0.1) is 0 Å². The molecule has 0 atom stereocenters. The maximum absolute atomic E-state index is 8.25. The Morgan fingerprint density at radius 3 is 0.667 bits per heavy atom. The first-order chi connectivity index (χ1) is 15.4. The second-order valence-corrected chi connectivity index (χ2v) is 5.39. The fourth-order valence-electron chi connectivity index (χ4n) is 2.18. The van der Waals surface area contributed by atoms with Gasteiger partial charge in [0.25, 0.3) is 0 Å². The van der Waals surface area contributed by atoms with E-state index in [2.05, 4.69) is 19.9 Å². The van der Waals surface area contributed by atoms with Gasteiger partial charge in [0.05, 0.1) is 10.2 Å². The van der Waals surface area contributed by atoms with Crippen molar-refractivity contribution in [3.05, 3.63) is 129 Å². The molecule has 1 radical (unpaired) electrons. The van der Waals surface area contributed by atoms with Crippen LogP contribution in [0.2, 0.25) is 0 Å². The summed E-state index contributed by atoms with van der Waals surface area (Å²) in [5, 5.41) is 29.5. The largest absolute Gasteiger partial charge is 2.00 e. The average molecular weight is 495 g/mol. The summed E-state index contributed by atoms with van der Waals surface area (Å²) in [6, 6.07) is 15.9. The maximum atomic E-state index is 8.25. The molecular formula is C20H16CoN6O6. The zero-order chi connectivity index (χ0) is 23.6. The quantitative estimate of drug-likeness (QED) is 0.292. The fourth-order valence-corrected chi connectivity index (χ4v) is 2.18. The molecule has 0 N–H and O–H groups in total. The summed E-state index contributed by atoms with van der Waals surface area (Å²) in [5.41, 5.74) is 4.69. The Hall–Kier alpha value is -4.49. The molecule has 0 aliphatic carbocycles. The van der Waals surface area contributed by atoms with E-state index in [-0.39, 0.29) is 16.8 Å². The minimum Gasteiger partial charge on any atom is -0.356 e. The molecule has 4 heterocycles. The van der Waals surface area contributed by atoms with E-state index in [0.717, 1.165) is 0 Å². The molecule has 171 valence electrons. The van der Waals surface area contributed by atoms with Gasteiger partial charge in [-0.25, -0.2) is 0 Å². The predicted molar refractivity (Wildman–Crippen MR) is 116 cm³/mol. The van der Waals surface area contributed by atoms with E-state index in [1.165, 1.54) is 22.3 Å². The van der Waals surface area contributed by atoms with Crippen LogP contribution < -0.4 is 0 Å². The van der Waals surface area contributed by atoms with Crippen molar-refractivity contribution in [3.63, 3.8) is 0 Å². The van der Waals surface area contributed by atoms with E-state index in [1.807, 2.05) is 48.5 Å². The van der Waals surface area contributed by atoms with Crippen LogP contribution in [0.25, 0.3) is 22.3 Å². The smallest absolute Gasteiger partial charge is 0.356 e. The summed E-state index contributed by atoms with van der Waals surface area (Å²) in [6.45, 7) is 0. The van der Waals surface area contributed by atoms with Crippen molar-refractivity contribution in [2.75, 3.05) is 0 Å². The normalized spacial score (nSPS) is 8.48. The van der Waals surface area contributed by atoms with Gasteiger partial charge < -0.3 is 30.6 Å². The van der Waals surface area contributed by atoms with Gasteiger partial charge in [-0.05, 0) is 70.8 Å². The molecule has 0 aliphatic rings. The minimum absolute atomic E-state index is 0. The third-order valence-corrected chi connectivity index (χ3v) is 3.39. The van der Waals surface area contributed by atoms with Gasteiger partial charge in [-0.2, -0.15) is 0 Å². The van der Waals surface area contributed by atoms with E-state index in [0.29, 0.717) is 0 Å². The molecule has 0 aromatic carbocycles. The first-order valence-corrected chi connectivity index (χ1v) is 8.64. The van der Waals surface area contributed by atoms with Crippen LogP contribution in [0.15, 0.2) is 98.1 Å². The molecule has 4 aromatic rings. The molecule has 0 aliphatic heterocycles. The Kier molecular flexibility index (Phi) is 14.9. The molecule has 0 fully saturated rings. The van der Waals surface area contributed by atoms with Crippen LogP contribution in [-0.4, -0.2) is 30.1 Å². The van der Waals surface area contributed by atoms with Gasteiger partial charge in [-0.3, -0.25) is 19.9 Å². The number of hydrogen-bond donors (Lipinski definition) is 0. The Morgan fingerprint density at radius 1 is 0.424 bits per heavy atom. The fraction of sp³-hybridized carbons (Fsp3) is 0. The molecule has 0 spiro atoms. The summed E-state index contributed by atoms with van der Waals surface area (Å²) in [7, 11) is 0. The molecule has 0 saturated carbocycles. The predicted octanol–water partition coefficient (Wildman–Crippen LogP) is 3.81. The van der Waals surface area contributed by atoms with E-state index in [9.17, 15) is 0 Å². The van der Waals surface area contributed by atoms with Crippen molar-refractivity contribution in [1.82, 2.24) is 19.9 Å². The van der Waals surface area contributed by atoms with Gasteiger partial charge in [-0.1, -0.05) is 0 Å². The van der Waals surface area contributed by atoms with Crippen molar-refractivity contribution >= 4 is 0 Å². The molecule has 0 unspecified atom stereocenters. The van der Waals surface area contributed by atoms with Crippen molar-refractivity contribution in [2.45, 2.75) is 0 Å².